The van der Waals surface area contributed by atoms with Gasteiger partial charge in [0, 0.05) is 23.0 Å². The van der Waals surface area contributed by atoms with E-state index in [9.17, 15) is 0 Å². The number of anilines is 1. The van der Waals surface area contributed by atoms with Crippen LogP contribution in [-0.2, 0) is 0 Å². The molecule has 1 saturated heterocycles. The SMILES string of the molecule is Cc1cc(C)c(N2CC3(CCCCC3)C2)c(Br)c1. The lowest BCUT2D eigenvalue weighted by Gasteiger charge is -2.54. The van der Waals surface area contributed by atoms with Crippen molar-refractivity contribution in [1.82, 2.24) is 0 Å². The Morgan fingerprint density at radius 1 is 1.06 bits per heavy atom. The Morgan fingerprint density at radius 2 is 1.72 bits per heavy atom. The zero-order valence-electron chi connectivity index (χ0n) is 11.4. The molecule has 0 N–H and O–H groups in total. The maximum atomic E-state index is 3.74. The standard InChI is InChI=1S/C16H22BrN/c1-12-8-13(2)15(14(17)9-12)18-10-16(11-18)6-4-3-5-7-16/h8-9H,3-7,10-11H2,1-2H3. The molecule has 1 aromatic rings. The number of benzene rings is 1. The molecule has 3 rings (SSSR count). The second-order valence-electron chi connectivity index (χ2n) is 6.33. The summed E-state index contributed by atoms with van der Waals surface area (Å²) >= 11 is 3.74. The Kier molecular flexibility index (Phi) is 3.17. The van der Waals surface area contributed by atoms with Crippen molar-refractivity contribution in [2.75, 3.05) is 18.0 Å². The van der Waals surface area contributed by atoms with Gasteiger partial charge in [-0.1, -0.05) is 25.3 Å². The molecule has 0 radical (unpaired) electrons. The zero-order valence-corrected chi connectivity index (χ0v) is 13.0. The molecule has 2 heteroatoms. The summed E-state index contributed by atoms with van der Waals surface area (Å²) in [6.07, 6.45) is 7.25. The van der Waals surface area contributed by atoms with Crippen LogP contribution in [0.3, 0.4) is 0 Å². The highest BCUT2D eigenvalue weighted by atomic mass is 79.9. The predicted octanol–water partition coefficient (Wildman–Crippen LogP) is 4.84. The highest BCUT2D eigenvalue weighted by molar-refractivity contribution is 9.10. The molecule has 0 unspecified atom stereocenters. The van der Waals surface area contributed by atoms with Gasteiger partial charge in [-0.3, -0.25) is 0 Å². The van der Waals surface area contributed by atoms with Crippen LogP contribution in [0.15, 0.2) is 16.6 Å². The summed E-state index contributed by atoms with van der Waals surface area (Å²) in [7, 11) is 0. The maximum absolute atomic E-state index is 3.74. The van der Waals surface area contributed by atoms with Gasteiger partial charge in [0.15, 0.2) is 0 Å². The van der Waals surface area contributed by atoms with Crippen LogP contribution in [0.5, 0.6) is 0 Å². The van der Waals surface area contributed by atoms with Crippen LogP contribution in [0.2, 0.25) is 0 Å². The molecule has 1 spiro atoms. The van der Waals surface area contributed by atoms with Gasteiger partial charge in [-0.15, -0.1) is 0 Å². The smallest absolute Gasteiger partial charge is 0.0540 e. The normalized spacial score (nSPS) is 22.1. The maximum Gasteiger partial charge on any atom is 0.0540 e. The van der Waals surface area contributed by atoms with Crippen molar-refractivity contribution < 1.29 is 0 Å². The molecule has 1 aliphatic carbocycles. The van der Waals surface area contributed by atoms with E-state index in [1.165, 1.54) is 66.5 Å². The monoisotopic (exact) mass is 307 g/mol. The van der Waals surface area contributed by atoms with E-state index in [-0.39, 0.29) is 0 Å². The average molecular weight is 308 g/mol. The van der Waals surface area contributed by atoms with Crippen LogP contribution >= 0.6 is 15.9 Å². The van der Waals surface area contributed by atoms with Crippen LogP contribution in [0.4, 0.5) is 5.69 Å². The fraction of sp³-hybridized carbons (Fsp3) is 0.625. The molecule has 2 fully saturated rings. The van der Waals surface area contributed by atoms with Crippen molar-refractivity contribution in [2.45, 2.75) is 46.0 Å². The second-order valence-corrected chi connectivity index (χ2v) is 7.18. The number of rotatable bonds is 1. The second kappa shape index (κ2) is 4.56. The van der Waals surface area contributed by atoms with Gasteiger partial charge in [0.25, 0.3) is 0 Å². The molecule has 0 amide bonds. The number of aryl methyl sites for hydroxylation is 2. The van der Waals surface area contributed by atoms with Crippen molar-refractivity contribution in [3.63, 3.8) is 0 Å². The molecule has 1 nitrogen and oxygen atoms in total. The van der Waals surface area contributed by atoms with Gasteiger partial charge < -0.3 is 4.90 Å². The van der Waals surface area contributed by atoms with Gasteiger partial charge >= 0.3 is 0 Å². The summed E-state index contributed by atoms with van der Waals surface area (Å²) in [5.74, 6) is 0. The third kappa shape index (κ3) is 2.09. The van der Waals surface area contributed by atoms with Crippen LogP contribution in [-0.4, -0.2) is 13.1 Å². The molecule has 1 aliphatic heterocycles. The largest absolute Gasteiger partial charge is 0.369 e. The van der Waals surface area contributed by atoms with E-state index in [4.69, 9.17) is 0 Å². The predicted molar refractivity (Wildman–Crippen MR) is 81.3 cm³/mol. The lowest BCUT2D eigenvalue weighted by atomic mass is 9.68. The summed E-state index contributed by atoms with van der Waals surface area (Å²) < 4.78 is 1.27. The molecule has 0 bridgehead atoms. The van der Waals surface area contributed by atoms with Crippen LogP contribution in [0.1, 0.15) is 43.2 Å². The van der Waals surface area contributed by atoms with Crippen molar-refractivity contribution in [1.29, 1.82) is 0 Å². The zero-order chi connectivity index (χ0) is 12.8. The summed E-state index contributed by atoms with van der Waals surface area (Å²) in [4.78, 5) is 2.57. The van der Waals surface area contributed by atoms with Gasteiger partial charge in [0.05, 0.1) is 5.69 Å². The summed E-state index contributed by atoms with van der Waals surface area (Å²) in [6, 6.07) is 4.54. The lowest BCUT2D eigenvalue weighted by molar-refractivity contribution is 0.139. The van der Waals surface area contributed by atoms with Crippen molar-refractivity contribution >= 4 is 21.6 Å². The molecule has 0 atom stereocenters. The first-order valence-electron chi connectivity index (χ1n) is 7.11. The molecule has 98 valence electrons. The quantitative estimate of drug-likeness (QED) is 0.718. The number of hydrogen-bond donors (Lipinski definition) is 0. The third-order valence-electron chi connectivity index (χ3n) is 4.68. The fourth-order valence-corrected chi connectivity index (χ4v) is 4.77. The molecule has 1 heterocycles. The first-order valence-corrected chi connectivity index (χ1v) is 7.91. The summed E-state index contributed by atoms with van der Waals surface area (Å²) in [5, 5.41) is 0. The van der Waals surface area contributed by atoms with Crippen molar-refractivity contribution in [2.24, 2.45) is 5.41 Å². The van der Waals surface area contributed by atoms with Crippen molar-refractivity contribution in [3.05, 3.63) is 27.7 Å². The van der Waals surface area contributed by atoms with Crippen LogP contribution in [0, 0.1) is 19.3 Å². The van der Waals surface area contributed by atoms with E-state index in [2.05, 4.69) is 46.8 Å². The Hall–Kier alpha value is -0.500. The van der Waals surface area contributed by atoms with Gasteiger partial charge in [-0.25, -0.2) is 0 Å². The van der Waals surface area contributed by atoms with Crippen LogP contribution < -0.4 is 4.90 Å². The first-order chi connectivity index (χ1) is 8.60. The minimum Gasteiger partial charge on any atom is -0.369 e. The third-order valence-corrected chi connectivity index (χ3v) is 5.29. The molecule has 18 heavy (non-hydrogen) atoms. The first kappa shape index (κ1) is 12.5. The Morgan fingerprint density at radius 3 is 2.33 bits per heavy atom. The van der Waals surface area contributed by atoms with E-state index in [1.54, 1.807) is 0 Å². The Balaban J connectivity index is 1.78. The van der Waals surface area contributed by atoms with Gasteiger partial charge in [0.2, 0.25) is 0 Å². The topological polar surface area (TPSA) is 3.24 Å². The van der Waals surface area contributed by atoms with E-state index in [0.29, 0.717) is 5.41 Å². The Bertz CT molecular complexity index is 429. The van der Waals surface area contributed by atoms with Crippen molar-refractivity contribution in [3.8, 4) is 0 Å². The van der Waals surface area contributed by atoms with Gasteiger partial charge in [-0.05, 0) is 59.8 Å². The fourth-order valence-electron chi connectivity index (χ4n) is 3.85. The van der Waals surface area contributed by atoms with E-state index in [0.717, 1.165) is 0 Å². The highest BCUT2D eigenvalue weighted by Gasteiger charge is 2.44. The van der Waals surface area contributed by atoms with Crippen LogP contribution in [0.25, 0.3) is 0 Å². The molecular formula is C16H22BrN. The van der Waals surface area contributed by atoms with Gasteiger partial charge in [0.1, 0.15) is 0 Å². The molecular weight excluding hydrogens is 286 g/mol. The number of nitrogens with zero attached hydrogens (tertiary/aromatic N) is 1. The van der Waals surface area contributed by atoms with Gasteiger partial charge in [-0.2, -0.15) is 0 Å². The van der Waals surface area contributed by atoms with E-state index >= 15 is 0 Å². The Labute approximate surface area is 119 Å². The number of hydrogen-bond acceptors (Lipinski definition) is 1. The van der Waals surface area contributed by atoms with E-state index in [1.807, 2.05) is 0 Å². The minimum absolute atomic E-state index is 0.662. The number of halogens is 1. The molecule has 2 aliphatic rings. The summed E-state index contributed by atoms with van der Waals surface area (Å²) in [6.45, 7) is 6.95. The molecule has 1 aromatic carbocycles. The average Bonchev–Trinajstić information content (AvgIpc) is 2.26. The minimum atomic E-state index is 0.662. The van der Waals surface area contributed by atoms with E-state index < -0.39 is 0 Å². The highest BCUT2D eigenvalue weighted by Crippen LogP contribution is 2.47. The molecule has 0 aromatic heterocycles. The molecule has 1 saturated carbocycles. The summed E-state index contributed by atoms with van der Waals surface area (Å²) in [5.41, 5.74) is 4.84. The lowest BCUT2D eigenvalue weighted by Crippen LogP contribution is -2.57.